The number of carbonyl (C=O) groups excluding carboxylic acids is 1. The second-order valence-corrected chi connectivity index (χ2v) is 10.3. The Balaban J connectivity index is 1.67. The van der Waals surface area contributed by atoms with Crippen molar-refractivity contribution in [2.45, 2.75) is 72.0 Å². The van der Waals surface area contributed by atoms with Gasteiger partial charge in [0.1, 0.15) is 34.5 Å². The molecule has 2 atom stereocenters. The smallest absolute Gasteiger partial charge is 0.174 e. The molecule has 6 heteroatoms. The molecule has 0 unspecified atom stereocenters. The largest absolute Gasteiger partial charge is 0.507 e. The lowest BCUT2D eigenvalue weighted by molar-refractivity contribution is 0.0830. The molecule has 0 bridgehead atoms. The topological polar surface area (TPSA) is 96.2 Å². The summed E-state index contributed by atoms with van der Waals surface area (Å²) < 4.78 is 12.4. The Hall–Kier alpha value is -3.67. The molecule has 0 fully saturated rings. The highest BCUT2D eigenvalue weighted by atomic mass is 16.5. The van der Waals surface area contributed by atoms with Crippen molar-refractivity contribution >= 4 is 5.78 Å². The standard InChI is InChI=1S/C30H34O6/c1-17(2)7-6-13-30(5)14-12-20-19(10-11-22(31)29(20)36-30)25-16-24(33)27-26(35-25)15-23(32)21(28(27)34)9-8-18(3)4/h6-8,10-11,13,15,25,31-32,34H,9,12,14,16H2,1-5H3/t25-,30-/m0/s1. The van der Waals surface area contributed by atoms with Crippen LogP contribution in [0.3, 0.4) is 0 Å². The molecule has 2 aromatic rings. The maximum absolute atomic E-state index is 13.2. The van der Waals surface area contributed by atoms with Gasteiger partial charge in [-0.3, -0.25) is 4.79 Å². The number of allylic oxidation sites excluding steroid dienone is 5. The van der Waals surface area contributed by atoms with Gasteiger partial charge in [0, 0.05) is 17.2 Å². The summed E-state index contributed by atoms with van der Waals surface area (Å²) in [7, 11) is 0. The van der Waals surface area contributed by atoms with Gasteiger partial charge in [-0.15, -0.1) is 0 Å². The Morgan fingerprint density at radius 2 is 1.86 bits per heavy atom. The zero-order valence-corrected chi connectivity index (χ0v) is 21.5. The molecule has 190 valence electrons. The van der Waals surface area contributed by atoms with E-state index in [9.17, 15) is 20.1 Å². The van der Waals surface area contributed by atoms with Gasteiger partial charge in [0.25, 0.3) is 0 Å². The van der Waals surface area contributed by atoms with Gasteiger partial charge in [0.15, 0.2) is 17.3 Å². The Bertz CT molecular complexity index is 1290. The van der Waals surface area contributed by atoms with E-state index in [4.69, 9.17) is 9.47 Å². The van der Waals surface area contributed by atoms with Gasteiger partial charge in [0.05, 0.1) is 6.42 Å². The first kappa shape index (κ1) is 25.4. The maximum atomic E-state index is 13.2. The molecule has 3 N–H and O–H groups in total. The van der Waals surface area contributed by atoms with Crippen LogP contribution in [0, 0.1) is 0 Å². The normalized spacial score (nSPS) is 20.7. The quantitative estimate of drug-likeness (QED) is 0.322. The van der Waals surface area contributed by atoms with E-state index in [0.29, 0.717) is 30.6 Å². The second-order valence-electron chi connectivity index (χ2n) is 10.3. The molecule has 2 heterocycles. The van der Waals surface area contributed by atoms with Crippen molar-refractivity contribution in [2.24, 2.45) is 0 Å². The van der Waals surface area contributed by atoms with Crippen LogP contribution < -0.4 is 9.47 Å². The van der Waals surface area contributed by atoms with E-state index in [-0.39, 0.29) is 40.8 Å². The minimum atomic E-state index is -0.629. The number of hydrogen-bond acceptors (Lipinski definition) is 6. The summed E-state index contributed by atoms with van der Waals surface area (Å²) in [5.41, 5.74) is 3.60. The average Bonchev–Trinajstić information content (AvgIpc) is 2.78. The van der Waals surface area contributed by atoms with Gasteiger partial charge in [0.2, 0.25) is 0 Å². The number of carbonyl (C=O) groups is 1. The van der Waals surface area contributed by atoms with Gasteiger partial charge in [-0.05, 0) is 71.6 Å². The van der Waals surface area contributed by atoms with Gasteiger partial charge in [-0.1, -0.05) is 35.4 Å². The predicted octanol–water partition coefficient (Wildman–Crippen LogP) is 6.62. The van der Waals surface area contributed by atoms with Crippen LogP contribution in [0.15, 0.2) is 53.6 Å². The molecule has 0 saturated carbocycles. The van der Waals surface area contributed by atoms with E-state index >= 15 is 0 Å². The third-order valence-corrected chi connectivity index (χ3v) is 6.69. The molecule has 0 saturated heterocycles. The summed E-state index contributed by atoms with van der Waals surface area (Å²) in [4.78, 5) is 13.2. The molecular weight excluding hydrogens is 456 g/mol. The van der Waals surface area contributed by atoms with Crippen LogP contribution in [0.5, 0.6) is 28.7 Å². The summed E-state index contributed by atoms with van der Waals surface area (Å²) in [5, 5.41) is 31.9. The summed E-state index contributed by atoms with van der Waals surface area (Å²) in [6, 6.07) is 4.72. The minimum Gasteiger partial charge on any atom is -0.507 e. The van der Waals surface area contributed by atoms with Crippen molar-refractivity contribution in [3.63, 3.8) is 0 Å². The number of Topliss-reactive ketones (excluding diaryl/α,β-unsaturated/α-hetero) is 1. The Morgan fingerprint density at radius 1 is 1.11 bits per heavy atom. The zero-order chi connectivity index (χ0) is 26.2. The van der Waals surface area contributed by atoms with Crippen LogP contribution in [0.25, 0.3) is 0 Å². The second kappa shape index (κ2) is 9.76. The van der Waals surface area contributed by atoms with E-state index in [1.807, 2.05) is 58.9 Å². The molecule has 2 aromatic carbocycles. The molecule has 36 heavy (non-hydrogen) atoms. The fourth-order valence-electron chi connectivity index (χ4n) is 4.70. The van der Waals surface area contributed by atoms with E-state index in [0.717, 1.165) is 16.7 Å². The lowest BCUT2D eigenvalue weighted by atomic mass is 9.85. The van der Waals surface area contributed by atoms with Crippen molar-refractivity contribution in [3.05, 3.63) is 75.9 Å². The average molecular weight is 491 g/mol. The molecule has 0 aliphatic carbocycles. The Kier molecular flexibility index (Phi) is 6.90. The van der Waals surface area contributed by atoms with Gasteiger partial charge in [-0.2, -0.15) is 0 Å². The molecular formula is C30H34O6. The number of ketones is 1. The molecule has 0 aromatic heterocycles. The fraction of sp³-hybridized carbons (Fsp3) is 0.367. The first-order chi connectivity index (χ1) is 17.0. The zero-order valence-electron chi connectivity index (χ0n) is 21.5. The number of phenolic OH excluding ortho intramolecular Hbond substituents is 3. The van der Waals surface area contributed by atoms with E-state index < -0.39 is 11.7 Å². The lowest BCUT2D eigenvalue weighted by Crippen LogP contribution is -2.35. The molecule has 4 rings (SSSR count). The number of fused-ring (bicyclic) bond motifs is 2. The highest BCUT2D eigenvalue weighted by Crippen LogP contribution is 2.48. The monoisotopic (exact) mass is 490 g/mol. The number of phenols is 3. The van der Waals surface area contributed by atoms with Crippen molar-refractivity contribution in [1.29, 1.82) is 0 Å². The van der Waals surface area contributed by atoms with E-state index in [1.165, 1.54) is 11.6 Å². The SMILES string of the molecule is CC(C)=CC=C[C@@]1(C)CCc2c([C@@H]3CC(=O)c4c(cc(O)c(CC=C(C)C)c4O)O3)ccc(O)c2O1. The summed E-state index contributed by atoms with van der Waals surface area (Å²) in [5.74, 6) is -0.0247. The van der Waals surface area contributed by atoms with Crippen molar-refractivity contribution < 1.29 is 29.6 Å². The van der Waals surface area contributed by atoms with Crippen LogP contribution in [0.2, 0.25) is 0 Å². The third kappa shape index (κ3) is 4.99. The predicted molar refractivity (Wildman–Crippen MR) is 139 cm³/mol. The van der Waals surface area contributed by atoms with Crippen LogP contribution >= 0.6 is 0 Å². The third-order valence-electron chi connectivity index (χ3n) is 6.69. The Labute approximate surface area is 212 Å². The van der Waals surface area contributed by atoms with Crippen LogP contribution in [-0.4, -0.2) is 26.7 Å². The van der Waals surface area contributed by atoms with E-state index in [2.05, 4.69) is 0 Å². The van der Waals surface area contributed by atoms with Crippen molar-refractivity contribution in [1.82, 2.24) is 0 Å². The number of aromatic hydroxyl groups is 3. The molecule has 2 aliphatic heterocycles. The number of benzene rings is 2. The minimum absolute atomic E-state index is 0.0301. The van der Waals surface area contributed by atoms with Gasteiger partial charge in [-0.25, -0.2) is 0 Å². The summed E-state index contributed by atoms with van der Waals surface area (Å²) in [6.45, 7) is 9.88. The number of rotatable bonds is 5. The van der Waals surface area contributed by atoms with Crippen LogP contribution in [0.4, 0.5) is 0 Å². The Morgan fingerprint density at radius 3 is 2.56 bits per heavy atom. The molecule has 2 aliphatic rings. The summed E-state index contributed by atoms with van der Waals surface area (Å²) in [6.07, 6.45) is 8.88. The van der Waals surface area contributed by atoms with Crippen LogP contribution in [0.1, 0.15) is 80.6 Å². The van der Waals surface area contributed by atoms with Crippen molar-refractivity contribution in [3.8, 4) is 28.7 Å². The van der Waals surface area contributed by atoms with Crippen molar-refractivity contribution in [2.75, 3.05) is 0 Å². The molecule has 0 radical (unpaired) electrons. The number of hydrogen-bond donors (Lipinski definition) is 3. The highest BCUT2D eigenvalue weighted by Gasteiger charge is 2.37. The molecule has 6 nitrogen and oxygen atoms in total. The van der Waals surface area contributed by atoms with Crippen LogP contribution in [-0.2, 0) is 12.8 Å². The maximum Gasteiger partial charge on any atom is 0.174 e. The fourth-order valence-corrected chi connectivity index (χ4v) is 4.70. The highest BCUT2D eigenvalue weighted by molar-refractivity contribution is 6.03. The van der Waals surface area contributed by atoms with Gasteiger partial charge < -0.3 is 24.8 Å². The number of ether oxygens (including phenoxy) is 2. The summed E-state index contributed by atoms with van der Waals surface area (Å²) >= 11 is 0. The molecule has 0 amide bonds. The first-order valence-electron chi connectivity index (χ1n) is 12.3. The first-order valence-corrected chi connectivity index (χ1v) is 12.3. The van der Waals surface area contributed by atoms with Gasteiger partial charge >= 0.3 is 0 Å². The van der Waals surface area contributed by atoms with E-state index in [1.54, 1.807) is 12.1 Å². The molecule has 0 spiro atoms. The lowest BCUT2D eigenvalue weighted by Gasteiger charge is -2.36.